The van der Waals surface area contributed by atoms with Crippen molar-refractivity contribution in [1.82, 2.24) is 10.3 Å². The van der Waals surface area contributed by atoms with Crippen LogP contribution in [-0.4, -0.2) is 50.3 Å². The van der Waals surface area contributed by atoms with Crippen molar-refractivity contribution in [2.45, 2.75) is 44.1 Å². The number of carbonyl (C=O) groups excluding carboxylic acids is 2. The van der Waals surface area contributed by atoms with E-state index >= 15 is 0 Å². The first-order valence-electron chi connectivity index (χ1n) is 13.6. The van der Waals surface area contributed by atoms with Crippen molar-refractivity contribution in [1.29, 1.82) is 0 Å². The van der Waals surface area contributed by atoms with Gasteiger partial charge < -0.3 is 24.3 Å². The molecule has 7 rings (SSSR count). The van der Waals surface area contributed by atoms with Crippen molar-refractivity contribution in [3.8, 4) is 28.5 Å². The van der Waals surface area contributed by atoms with Gasteiger partial charge in [0.15, 0.2) is 18.1 Å². The minimum Gasteiger partial charge on any atom is -0.493 e. The molecule has 4 fully saturated rings. The van der Waals surface area contributed by atoms with Crippen LogP contribution in [-0.2, 0) is 9.53 Å². The Balaban J connectivity index is 1.24. The van der Waals surface area contributed by atoms with Crippen LogP contribution in [0, 0.1) is 17.8 Å². The highest BCUT2D eigenvalue weighted by molar-refractivity contribution is 6.05. The van der Waals surface area contributed by atoms with Gasteiger partial charge in [-0.25, -0.2) is 9.78 Å². The van der Waals surface area contributed by atoms with E-state index < -0.39 is 5.97 Å². The molecule has 4 aliphatic rings. The van der Waals surface area contributed by atoms with E-state index in [0.717, 1.165) is 37.0 Å². The van der Waals surface area contributed by atoms with Crippen LogP contribution in [0.25, 0.3) is 22.2 Å². The van der Waals surface area contributed by atoms with Gasteiger partial charge in [-0.15, -0.1) is 0 Å². The zero-order valence-electron chi connectivity index (χ0n) is 22.6. The number of para-hydroxylation sites is 1. The number of nitrogens with one attached hydrogen (secondary N) is 1. The number of esters is 1. The fraction of sp³-hybridized carbons (Fsp3) is 0.452. The molecule has 0 atom stereocenters. The van der Waals surface area contributed by atoms with Crippen LogP contribution < -0.4 is 19.5 Å². The first-order chi connectivity index (χ1) is 18.9. The normalized spacial score (nSPS) is 24.8. The van der Waals surface area contributed by atoms with E-state index in [4.69, 9.17) is 23.9 Å². The molecule has 2 aromatic carbocycles. The number of ether oxygens (including phenoxy) is 4. The lowest BCUT2D eigenvalue weighted by molar-refractivity contribution is -0.130. The summed E-state index contributed by atoms with van der Waals surface area (Å²) in [7, 11) is 4.64. The molecule has 4 bridgehead atoms. The summed E-state index contributed by atoms with van der Waals surface area (Å²) >= 11 is 0. The van der Waals surface area contributed by atoms with Gasteiger partial charge in [-0.3, -0.25) is 4.79 Å². The first kappa shape index (κ1) is 25.5. The second kappa shape index (κ2) is 10.1. The van der Waals surface area contributed by atoms with Gasteiger partial charge in [0.2, 0.25) is 5.75 Å². The molecule has 0 saturated heterocycles. The van der Waals surface area contributed by atoms with E-state index in [2.05, 4.69) is 5.32 Å². The number of methoxy groups -OCH3 is 3. The van der Waals surface area contributed by atoms with Crippen LogP contribution in [0.15, 0.2) is 42.5 Å². The predicted octanol–water partition coefficient (Wildman–Crippen LogP) is 5.17. The highest BCUT2D eigenvalue weighted by Crippen LogP contribution is 2.55. The number of rotatable bonds is 8. The van der Waals surface area contributed by atoms with Gasteiger partial charge >= 0.3 is 5.97 Å². The van der Waals surface area contributed by atoms with Crippen LogP contribution >= 0.6 is 0 Å². The molecule has 4 saturated carbocycles. The van der Waals surface area contributed by atoms with Crippen LogP contribution in [0.5, 0.6) is 17.2 Å². The number of hydrogen-bond acceptors (Lipinski definition) is 7. The number of benzene rings is 2. The lowest BCUT2D eigenvalue weighted by atomic mass is 9.53. The van der Waals surface area contributed by atoms with Crippen molar-refractivity contribution in [2.24, 2.45) is 17.8 Å². The average Bonchev–Trinajstić information content (AvgIpc) is 2.93. The second-order valence-electron chi connectivity index (χ2n) is 11.3. The molecule has 3 aromatic rings. The van der Waals surface area contributed by atoms with Gasteiger partial charge in [0.05, 0.1) is 38.1 Å². The molecule has 39 heavy (non-hydrogen) atoms. The largest absolute Gasteiger partial charge is 0.493 e. The first-order valence-corrected chi connectivity index (χ1v) is 13.6. The van der Waals surface area contributed by atoms with E-state index in [1.807, 2.05) is 24.3 Å². The molecule has 0 spiro atoms. The molecule has 8 nitrogen and oxygen atoms in total. The topological polar surface area (TPSA) is 96.0 Å². The molecule has 1 heterocycles. The highest BCUT2D eigenvalue weighted by Gasteiger charge is 2.51. The van der Waals surface area contributed by atoms with E-state index in [1.54, 1.807) is 39.5 Å². The number of pyridine rings is 1. The Bertz CT molecular complexity index is 1370. The van der Waals surface area contributed by atoms with Crippen LogP contribution in [0.1, 0.15) is 48.9 Å². The third-order valence-electron chi connectivity index (χ3n) is 8.67. The molecule has 1 N–H and O–H groups in total. The fourth-order valence-corrected chi connectivity index (χ4v) is 7.53. The Morgan fingerprint density at radius 1 is 0.897 bits per heavy atom. The third-order valence-corrected chi connectivity index (χ3v) is 8.67. The minimum atomic E-state index is -0.567. The summed E-state index contributed by atoms with van der Waals surface area (Å²) in [6, 6.07) is 12.6. The molecule has 8 heteroatoms. The number of hydrogen-bond donors (Lipinski definition) is 1. The van der Waals surface area contributed by atoms with E-state index in [0.29, 0.717) is 45.0 Å². The predicted molar refractivity (Wildman–Crippen MR) is 146 cm³/mol. The molecule has 0 aliphatic heterocycles. The Morgan fingerprint density at radius 2 is 1.51 bits per heavy atom. The smallest absolute Gasteiger partial charge is 0.339 e. The fourth-order valence-electron chi connectivity index (χ4n) is 7.53. The number of carbonyl (C=O) groups is 2. The van der Waals surface area contributed by atoms with Crippen LogP contribution in [0.4, 0.5) is 0 Å². The highest BCUT2D eigenvalue weighted by atomic mass is 16.5. The van der Waals surface area contributed by atoms with Crippen molar-refractivity contribution in [2.75, 3.05) is 27.9 Å². The number of amides is 1. The molecule has 204 valence electrons. The molecule has 0 unspecified atom stereocenters. The quantitative estimate of drug-likeness (QED) is 0.402. The Kier molecular flexibility index (Phi) is 6.57. The maximum absolute atomic E-state index is 13.4. The maximum atomic E-state index is 13.4. The van der Waals surface area contributed by atoms with E-state index in [1.165, 1.54) is 19.3 Å². The Labute approximate surface area is 228 Å². The zero-order valence-corrected chi connectivity index (χ0v) is 22.6. The summed E-state index contributed by atoms with van der Waals surface area (Å²) in [5.74, 6) is 2.79. The summed E-state index contributed by atoms with van der Waals surface area (Å²) in [6.07, 6.45) is 7.04. The minimum absolute atomic E-state index is 0.124. The second-order valence-corrected chi connectivity index (χ2v) is 11.3. The molecule has 4 aliphatic carbocycles. The number of nitrogens with zero attached hydrogens (tertiary/aromatic N) is 1. The van der Waals surface area contributed by atoms with Gasteiger partial charge in [0, 0.05) is 16.5 Å². The molecule has 1 amide bonds. The number of aromatic nitrogens is 1. The van der Waals surface area contributed by atoms with Crippen LogP contribution in [0.3, 0.4) is 0 Å². The summed E-state index contributed by atoms with van der Waals surface area (Å²) in [6.45, 7) is -0.309. The summed E-state index contributed by atoms with van der Waals surface area (Å²) < 4.78 is 22.0. The van der Waals surface area contributed by atoms with Crippen molar-refractivity contribution in [3.63, 3.8) is 0 Å². The lowest BCUT2D eigenvalue weighted by Gasteiger charge is -2.56. The maximum Gasteiger partial charge on any atom is 0.339 e. The average molecular weight is 531 g/mol. The molecule has 1 aromatic heterocycles. The summed E-state index contributed by atoms with van der Waals surface area (Å²) in [5, 5.41) is 3.93. The SMILES string of the molecule is COc1cc(-c2cc(C(=O)OCC(=O)NC34CC5CC(CC(C5)C3)C4)c3ccccc3n2)cc(OC)c1OC. The summed E-state index contributed by atoms with van der Waals surface area (Å²) in [4.78, 5) is 31.1. The van der Waals surface area contributed by atoms with Gasteiger partial charge in [-0.05, 0) is 80.5 Å². The molecular formula is C31H34N2O6. The van der Waals surface area contributed by atoms with Gasteiger partial charge in [0.1, 0.15) is 0 Å². The van der Waals surface area contributed by atoms with Gasteiger partial charge in [-0.1, -0.05) is 18.2 Å². The lowest BCUT2D eigenvalue weighted by Crippen LogP contribution is -2.60. The van der Waals surface area contributed by atoms with E-state index in [9.17, 15) is 9.59 Å². The van der Waals surface area contributed by atoms with Crippen molar-refractivity contribution in [3.05, 3.63) is 48.0 Å². The molecular weight excluding hydrogens is 496 g/mol. The van der Waals surface area contributed by atoms with Gasteiger partial charge in [0.25, 0.3) is 5.91 Å². The van der Waals surface area contributed by atoms with Crippen molar-refractivity contribution >= 4 is 22.8 Å². The monoisotopic (exact) mass is 530 g/mol. The Morgan fingerprint density at radius 3 is 2.10 bits per heavy atom. The van der Waals surface area contributed by atoms with E-state index in [-0.39, 0.29) is 18.1 Å². The van der Waals surface area contributed by atoms with Crippen molar-refractivity contribution < 1.29 is 28.5 Å². The Hall–Kier alpha value is -3.81. The standard InChI is InChI=1S/C31H34N2O6/c1-36-26-11-21(12-27(37-2)29(26)38-3)25-13-23(22-6-4-5-7-24(22)32-25)30(35)39-17-28(34)33-31-14-18-8-19(15-31)10-20(9-18)16-31/h4-7,11-13,18-20H,8-10,14-17H2,1-3H3,(H,33,34). The van der Waals surface area contributed by atoms with Crippen LogP contribution in [0.2, 0.25) is 0 Å². The number of fused-ring (bicyclic) bond motifs is 1. The summed E-state index contributed by atoms with van der Waals surface area (Å²) in [5.41, 5.74) is 2.07. The van der Waals surface area contributed by atoms with Gasteiger partial charge in [-0.2, -0.15) is 0 Å². The molecule has 0 radical (unpaired) electrons. The zero-order chi connectivity index (χ0) is 27.1. The third kappa shape index (κ3) is 4.77.